The number of carbonyl (C=O) groups excluding carboxylic acids is 2. The fourth-order valence-corrected chi connectivity index (χ4v) is 2.58. The van der Waals surface area contributed by atoms with Gasteiger partial charge in [-0.15, -0.1) is 0 Å². The van der Waals surface area contributed by atoms with Gasteiger partial charge in [0.25, 0.3) is 5.91 Å². The van der Waals surface area contributed by atoms with Crippen molar-refractivity contribution < 1.29 is 23.8 Å². The smallest absolute Gasteiger partial charge is 0.343 e. The van der Waals surface area contributed by atoms with Gasteiger partial charge in [-0.05, 0) is 55.0 Å². The molecule has 0 saturated carbocycles. The zero-order chi connectivity index (χ0) is 22.1. The molecule has 0 aliphatic rings. The molecule has 7 heteroatoms. The van der Waals surface area contributed by atoms with Crippen molar-refractivity contribution in [1.29, 1.82) is 0 Å². The zero-order valence-electron chi connectivity index (χ0n) is 17.2. The minimum atomic E-state index is -0.485. The Morgan fingerprint density at radius 2 is 1.71 bits per heavy atom. The van der Waals surface area contributed by atoms with Crippen LogP contribution in [0, 0.1) is 6.92 Å². The van der Waals surface area contributed by atoms with Crippen LogP contribution in [-0.2, 0) is 4.79 Å². The average molecular weight is 418 g/mol. The van der Waals surface area contributed by atoms with E-state index < -0.39 is 11.9 Å². The van der Waals surface area contributed by atoms with Gasteiger partial charge in [0, 0.05) is 0 Å². The SMILES string of the molecule is COc1cc(/C=N\NC(=O)COc2ccc(C)cc2)ccc1OC(=O)c1ccccc1. The number of ether oxygens (including phenoxy) is 3. The van der Waals surface area contributed by atoms with E-state index in [1.54, 1.807) is 54.6 Å². The molecule has 0 unspecified atom stereocenters. The molecule has 0 radical (unpaired) electrons. The Morgan fingerprint density at radius 3 is 2.42 bits per heavy atom. The summed E-state index contributed by atoms with van der Waals surface area (Å²) in [5.74, 6) is 0.375. The Kier molecular flexibility index (Phi) is 7.37. The second-order valence-corrected chi connectivity index (χ2v) is 6.56. The monoisotopic (exact) mass is 418 g/mol. The summed E-state index contributed by atoms with van der Waals surface area (Å²) in [5, 5.41) is 3.91. The third-order valence-corrected chi connectivity index (χ3v) is 4.19. The molecule has 0 heterocycles. The summed E-state index contributed by atoms with van der Waals surface area (Å²) in [7, 11) is 1.47. The number of hydrogen-bond acceptors (Lipinski definition) is 6. The fourth-order valence-electron chi connectivity index (χ4n) is 2.58. The number of rotatable bonds is 8. The number of methoxy groups -OCH3 is 1. The van der Waals surface area contributed by atoms with E-state index in [1.807, 2.05) is 25.1 Å². The van der Waals surface area contributed by atoms with Crippen molar-refractivity contribution in [3.05, 3.63) is 89.5 Å². The Morgan fingerprint density at radius 1 is 0.968 bits per heavy atom. The molecule has 0 atom stereocenters. The minimum Gasteiger partial charge on any atom is -0.493 e. The van der Waals surface area contributed by atoms with Gasteiger partial charge in [-0.2, -0.15) is 5.10 Å². The van der Waals surface area contributed by atoms with E-state index in [1.165, 1.54) is 13.3 Å². The minimum absolute atomic E-state index is 0.155. The summed E-state index contributed by atoms with van der Waals surface area (Å²) in [4.78, 5) is 24.1. The molecule has 1 amide bonds. The van der Waals surface area contributed by atoms with E-state index in [-0.39, 0.29) is 12.4 Å². The van der Waals surface area contributed by atoms with Gasteiger partial charge in [-0.25, -0.2) is 10.2 Å². The predicted octanol–water partition coefficient (Wildman–Crippen LogP) is 3.75. The van der Waals surface area contributed by atoms with Crippen LogP contribution in [0.4, 0.5) is 0 Å². The molecule has 0 spiro atoms. The Balaban J connectivity index is 1.55. The van der Waals surface area contributed by atoms with Gasteiger partial charge in [-0.1, -0.05) is 35.9 Å². The number of benzene rings is 3. The Bertz CT molecular complexity index is 1060. The summed E-state index contributed by atoms with van der Waals surface area (Å²) in [6.45, 7) is 1.82. The van der Waals surface area contributed by atoms with Gasteiger partial charge in [0.2, 0.25) is 0 Å². The molecule has 0 aliphatic carbocycles. The zero-order valence-corrected chi connectivity index (χ0v) is 17.2. The molecule has 3 aromatic carbocycles. The maximum Gasteiger partial charge on any atom is 0.343 e. The molecule has 7 nitrogen and oxygen atoms in total. The van der Waals surface area contributed by atoms with E-state index in [0.29, 0.717) is 22.6 Å². The highest BCUT2D eigenvalue weighted by atomic mass is 16.6. The number of esters is 1. The van der Waals surface area contributed by atoms with Crippen LogP contribution in [0.25, 0.3) is 0 Å². The van der Waals surface area contributed by atoms with E-state index in [4.69, 9.17) is 14.2 Å². The van der Waals surface area contributed by atoms with Crippen molar-refractivity contribution >= 4 is 18.1 Å². The molecule has 1 N–H and O–H groups in total. The molecule has 0 aromatic heterocycles. The first-order valence-corrected chi connectivity index (χ1v) is 9.52. The molecule has 0 saturated heterocycles. The standard InChI is InChI=1S/C24H22N2O5/c1-17-8-11-20(12-9-17)30-16-23(27)26-25-15-18-10-13-21(22(14-18)29-2)31-24(28)19-6-4-3-5-7-19/h3-15H,16H2,1-2H3,(H,26,27)/b25-15-. The maximum absolute atomic E-state index is 12.2. The number of nitrogens with one attached hydrogen (secondary N) is 1. The number of hydrogen-bond donors (Lipinski definition) is 1. The molecular formula is C24H22N2O5. The van der Waals surface area contributed by atoms with Crippen molar-refractivity contribution in [2.45, 2.75) is 6.92 Å². The van der Waals surface area contributed by atoms with Crippen LogP contribution in [0.15, 0.2) is 77.9 Å². The second-order valence-electron chi connectivity index (χ2n) is 6.56. The summed E-state index contributed by atoms with van der Waals surface area (Å²) in [6, 6.07) is 21.0. The molecule has 0 bridgehead atoms. The molecule has 3 aromatic rings. The number of carbonyl (C=O) groups is 2. The first kappa shape index (κ1) is 21.6. The molecular weight excluding hydrogens is 396 g/mol. The van der Waals surface area contributed by atoms with Crippen LogP contribution in [0.3, 0.4) is 0 Å². The summed E-state index contributed by atoms with van der Waals surface area (Å²) < 4.78 is 16.1. The van der Waals surface area contributed by atoms with Gasteiger partial charge >= 0.3 is 5.97 Å². The van der Waals surface area contributed by atoms with E-state index in [0.717, 1.165) is 5.56 Å². The predicted molar refractivity (Wildman–Crippen MR) is 117 cm³/mol. The highest BCUT2D eigenvalue weighted by Gasteiger charge is 2.12. The first-order chi connectivity index (χ1) is 15.0. The van der Waals surface area contributed by atoms with Gasteiger partial charge in [-0.3, -0.25) is 4.79 Å². The lowest BCUT2D eigenvalue weighted by molar-refractivity contribution is -0.123. The van der Waals surface area contributed by atoms with E-state index >= 15 is 0 Å². The van der Waals surface area contributed by atoms with Crippen molar-refractivity contribution in [3.8, 4) is 17.2 Å². The number of aryl methyl sites for hydroxylation is 1. The van der Waals surface area contributed by atoms with Crippen LogP contribution in [-0.4, -0.2) is 31.8 Å². The third kappa shape index (κ3) is 6.43. The largest absolute Gasteiger partial charge is 0.493 e. The van der Waals surface area contributed by atoms with Crippen molar-refractivity contribution in [2.24, 2.45) is 5.10 Å². The summed E-state index contributed by atoms with van der Waals surface area (Å²) in [6.07, 6.45) is 1.45. The van der Waals surface area contributed by atoms with E-state index in [9.17, 15) is 9.59 Å². The van der Waals surface area contributed by atoms with Gasteiger partial charge < -0.3 is 14.2 Å². The van der Waals surface area contributed by atoms with Gasteiger partial charge in [0.15, 0.2) is 18.1 Å². The lowest BCUT2D eigenvalue weighted by Gasteiger charge is -2.10. The Labute approximate surface area is 180 Å². The first-order valence-electron chi connectivity index (χ1n) is 9.52. The van der Waals surface area contributed by atoms with Crippen molar-refractivity contribution in [2.75, 3.05) is 13.7 Å². The van der Waals surface area contributed by atoms with Gasteiger partial charge in [0.05, 0.1) is 18.9 Å². The molecule has 31 heavy (non-hydrogen) atoms. The third-order valence-electron chi connectivity index (χ3n) is 4.19. The fraction of sp³-hybridized carbons (Fsp3) is 0.125. The van der Waals surface area contributed by atoms with Crippen LogP contribution >= 0.6 is 0 Å². The topological polar surface area (TPSA) is 86.2 Å². The van der Waals surface area contributed by atoms with Crippen LogP contribution in [0.1, 0.15) is 21.5 Å². The van der Waals surface area contributed by atoms with Crippen molar-refractivity contribution in [1.82, 2.24) is 5.43 Å². The number of hydrazone groups is 1. The summed E-state index contributed by atoms with van der Waals surface area (Å²) >= 11 is 0. The van der Waals surface area contributed by atoms with Crippen LogP contribution < -0.4 is 19.6 Å². The van der Waals surface area contributed by atoms with Crippen LogP contribution in [0.5, 0.6) is 17.2 Å². The second kappa shape index (κ2) is 10.6. The highest BCUT2D eigenvalue weighted by molar-refractivity contribution is 5.91. The number of nitrogens with zero attached hydrogens (tertiary/aromatic N) is 1. The quantitative estimate of drug-likeness (QED) is 0.261. The van der Waals surface area contributed by atoms with Crippen LogP contribution in [0.2, 0.25) is 0 Å². The lowest BCUT2D eigenvalue weighted by atomic mass is 10.2. The highest BCUT2D eigenvalue weighted by Crippen LogP contribution is 2.28. The molecule has 0 fully saturated rings. The molecule has 0 aliphatic heterocycles. The molecule has 158 valence electrons. The Hall–Kier alpha value is -4.13. The van der Waals surface area contributed by atoms with Gasteiger partial charge in [0.1, 0.15) is 5.75 Å². The average Bonchev–Trinajstić information content (AvgIpc) is 2.80. The van der Waals surface area contributed by atoms with Crippen molar-refractivity contribution in [3.63, 3.8) is 0 Å². The maximum atomic E-state index is 12.2. The lowest BCUT2D eigenvalue weighted by Crippen LogP contribution is -2.24. The number of amides is 1. The summed E-state index contributed by atoms with van der Waals surface area (Å²) in [5.41, 5.74) is 4.59. The normalized spacial score (nSPS) is 10.5. The van der Waals surface area contributed by atoms with E-state index in [2.05, 4.69) is 10.5 Å². The molecule has 3 rings (SSSR count).